The average Bonchev–Trinajstić information content (AvgIpc) is 3.51. The van der Waals surface area contributed by atoms with Crippen molar-refractivity contribution in [3.63, 3.8) is 0 Å². The SMILES string of the molecule is CCCCCC(=O)C[C@@H](C(=O)N[C@@H](CCCC)C(=O)C[C@@H](CC(C)C)C(=O)[C@@]1(C)CO1)C(C)C. The van der Waals surface area contributed by atoms with Gasteiger partial charge in [0.2, 0.25) is 5.91 Å². The topological polar surface area (TPSA) is 92.8 Å². The highest BCUT2D eigenvalue weighted by Gasteiger charge is 2.50. The molecule has 196 valence electrons. The van der Waals surface area contributed by atoms with Crippen molar-refractivity contribution in [2.45, 2.75) is 124 Å². The average molecular weight is 480 g/mol. The predicted octanol–water partition coefficient (Wildman–Crippen LogP) is 5.45. The third-order valence-corrected chi connectivity index (χ3v) is 6.87. The summed E-state index contributed by atoms with van der Waals surface area (Å²) in [5.41, 5.74) is -0.761. The van der Waals surface area contributed by atoms with E-state index >= 15 is 0 Å². The highest BCUT2D eigenvalue weighted by atomic mass is 16.6. The van der Waals surface area contributed by atoms with Crippen molar-refractivity contribution in [3.8, 4) is 0 Å². The summed E-state index contributed by atoms with van der Waals surface area (Å²) in [5, 5.41) is 2.97. The minimum Gasteiger partial charge on any atom is -0.362 e. The van der Waals surface area contributed by atoms with Gasteiger partial charge in [-0.2, -0.15) is 0 Å². The number of rotatable bonds is 19. The quantitative estimate of drug-likeness (QED) is 0.196. The molecule has 6 heteroatoms. The van der Waals surface area contributed by atoms with E-state index in [0.717, 1.165) is 32.1 Å². The van der Waals surface area contributed by atoms with Crippen molar-refractivity contribution in [1.82, 2.24) is 5.32 Å². The summed E-state index contributed by atoms with van der Waals surface area (Å²) in [6, 6.07) is -0.626. The number of hydrogen-bond donors (Lipinski definition) is 1. The Balaban J connectivity index is 2.89. The second-order valence-electron chi connectivity index (χ2n) is 11.1. The summed E-state index contributed by atoms with van der Waals surface area (Å²) in [4.78, 5) is 52.0. The Morgan fingerprint density at radius 3 is 2.06 bits per heavy atom. The van der Waals surface area contributed by atoms with Crippen molar-refractivity contribution >= 4 is 23.3 Å². The van der Waals surface area contributed by atoms with Gasteiger partial charge in [0.05, 0.1) is 12.6 Å². The number of ketones is 3. The van der Waals surface area contributed by atoms with E-state index in [-0.39, 0.29) is 47.9 Å². The van der Waals surface area contributed by atoms with Crippen molar-refractivity contribution in [2.24, 2.45) is 23.7 Å². The molecule has 1 aliphatic rings. The lowest BCUT2D eigenvalue weighted by Crippen LogP contribution is -2.46. The number of nitrogens with one attached hydrogen (secondary N) is 1. The first kappa shape index (κ1) is 30.5. The van der Waals surface area contributed by atoms with Crippen LogP contribution in [0.2, 0.25) is 0 Å². The molecule has 0 radical (unpaired) electrons. The molecule has 1 N–H and O–H groups in total. The molecule has 1 rings (SSSR count). The molecular formula is C28H49NO5. The molecule has 0 aliphatic carbocycles. The Bertz CT molecular complexity index is 680. The molecule has 6 nitrogen and oxygen atoms in total. The van der Waals surface area contributed by atoms with Crippen molar-refractivity contribution < 1.29 is 23.9 Å². The van der Waals surface area contributed by atoms with E-state index in [9.17, 15) is 19.2 Å². The Morgan fingerprint density at radius 1 is 0.941 bits per heavy atom. The number of amides is 1. The minimum atomic E-state index is -0.761. The fraction of sp³-hybridized carbons (Fsp3) is 0.857. The maximum atomic E-state index is 13.3. The highest BCUT2D eigenvalue weighted by Crippen LogP contribution is 2.34. The summed E-state index contributed by atoms with van der Waals surface area (Å²) in [5.74, 6) is -0.790. The predicted molar refractivity (Wildman–Crippen MR) is 135 cm³/mol. The van der Waals surface area contributed by atoms with Crippen LogP contribution >= 0.6 is 0 Å². The van der Waals surface area contributed by atoms with Crippen LogP contribution in [-0.4, -0.2) is 41.5 Å². The van der Waals surface area contributed by atoms with E-state index in [1.54, 1.807) is 6.92 Å². The Hall–Kier alpha value is -1.56. The maximum absolute atomic E-state index is 13.3. The van der Waals surface area contributed by atoms with E-state index in [2.05, 4.69) is 12.2 Å². The number of carbonyl (C=O) groups excluding carboxylic acids is 4. The molecule has 1 fully saturated rings. The molecule has 0 bridgehead atoms. The minimum absolute atomic E-state index is 0.000662. The molecule has 0 aromatic carbocycles. The Kier molecular flexibility index (Phi) is 13.2. The number of hydrogen-bond acceptors (Lipinski definition) is 5. The first-order valence-corrected chi connectivity index (χ1v) is 13.5. The number of ether oxygens (including phenoxy) is 1. The zero-order valence-corrected chi connectivity index (χ0v) is 22.7. The lowest BCUT2D eigenvalue weighted by molar-refractivity contribution is -0.135. The van der Waals surface area contributed by atoms with Crippen LogP contribution in [0.15, 0.2) is 0 Å². The summed E-state index contributed by atoms with van der Waals surface area (Å²) < 4.78 is 5.36. The summed E-state index contributed by atoms with van der Waals surface area (Å²) in [6.07, 6.45) is 6.64. The summed E-state index contributed by atoms with van der Waals surface area (Å²) in [7, 11) is 0. The van der Waals surface area contributed by atoms with E-state index in [1.165, 1.54) is 0 Å². The molecule has 34 heavy (non-hydrogen) atoms. The van der Waals surface area contributed by atoms with Gasteiger partial charge in [-0.05, 0) is 38.0 Å². The standard InChI is InChI=1S/C28H49NO5/c1-8-10-12-13-22(30)17-23(20(5)6)27(33)29-24(14-11-9-2)25(31)16-21(15-19(3)4)26(32)28(7)18-34-28/h19-21,23-24H,8-18H2,1-7H3,(H,29,33)/t21-,23-,24+,28-/m1/s1. The second kappa shape index (κ2) is 14.8. The van der Waals surface area contributed by atoms with Gasteiger partial charge in [-0.1, -0.05) is 67.2 Å². The molecular weight excluding hydrogens is 430 g/mol. The molecule has 0 saturated carbocycles. The molecule has 1 amide bonds. The fourth-order valence-corrected chi connectivity index (χ4v) is 4.47. The maximum Gasteiger partial charge on any atom is 0.224 e. The zero-order chi connectivity index (χ0) is 25.9. The van der Waals surface area contributed by atoms with Crippen molar-refractivity contribution in [3.05, 3.63) is 0 Å². The van der Waals surface area contributed by atoms with E-state index in [1.807, 2.05) is 34.6 Å². The summed E-state index contributed by atoms with van der Waals surface area (Å²) >= 11 is 0. The van der Waals surface area contributed by atoms with Gasteiger partial charge in [0.15, 0.2) is 11.6 Å². The highest BCUT2D eigenvalue weighted by molar-refractivity contribution is 5.97. The molecule has 0 aromatic heterocycles. The van der Waals surface area contributed by atoms with Gasteiger partial charge in [0, 0.05) is 31.1 Å². The normalized spacial score (nSPS) is 20.1. The first-order chi connectivity index (χ1) is 15.9. The van der Waals surface area contributed by atoms with E-state index in [0.29, 0.717) is 25.9 Å². The van der Waals surface area contributed by atoms with E-state index < -0.39 is 23.5 Å². The molecule has 1 saturated heterocycles. The van der Waals surface area contributed by atoms with Gasteiger partial charge >= 0.3 is 0 Å². The molecule has 0 unspecified atom stereocenters. The smallest absolute Gasteiger partial charge is 0.224 e. The van der Waals surface area contributed by atoms with Crippen LogP contribution in [0.25, 0.3) is 0 Å². The summed E-state index contributed by atoms with van der Waals surface area (Å²) in [6.45, 7) is 14.3. The fourth-order valence-electron chi connectivity index (χ4n) is 4.47. The Labute approximate surface area is 207 Å². The van der Waals surface area contributed by atoms with Crippen LogP contribution in [0, 0.1) is 23.7 Å². The van der Waals surface area contributed by atoms with Crippen LogP contribution in [0.4, 0.5) is 0 Å². The van der Waals surface area contributed by atoms with Gasteiger partial charge in [-0.25, -0.2) is 0 Å². The largest absolute Gasteiger partial charge is 0.362 e. The van der Waals surface area contributed by atoms with Crippen LogP contribution in [0.1, 0.15) is 113 Å². The number of carbonyl (C=O) groups is 4. The van der Waals surface area contributed by atoms with Gasteiger partial charge in [-0.3, -0.25) is 19.2 Å². The van der Waals surface area contributed by atoms with Crippen LogP contribution in [0.5, 0.6) is 0 Å². The van der Waals surface area contributed by atoms with Crippen LogP contribution in [0.3, 0.4) is 0 Å². The first-order valence-electron chi connectivity index (χ1n) is 13.5. The van der Waals surface area contributed by atoms with Crippen molar-refractivity contribution in [1.29, 1.82) is 0 Å². The third kappa shape index (κ3) is 10.4. The molecule has 4 atom stereocenters. The zero-order valence-electron chi connectivity index (χ0n) is 22.7. The van der Waals surface area contributed by atoms with Gasteiger partial charge in [0.25, 0.3) is 0 Å². The lowest BCUT2D eigenvalue weighted by atomic mass is 9.82. The second-order valence-corrected chi connectivity index (χ2v) is 11.1. The lowest BCUT2D eigenvalue weighted by Gasteiger charge is -2.26. The van der Waals surface area contributed by atoms with Crippen LogP contribution in [-0.2, 0) is 23.9 Å². The monoisotopic (exact) mass is 479 g/mol. The Morgan fingerprint density at radius 2 is 1.56 bits per heavy atom. The van der Waals surface area contributed by atoms with Gasteiger partial charge in [0.1, 0.15) is 11.4 Å². The third-order valence-electron chi connectivity index (χ3n) is 6.87. The van der Waals surface area contributed by atoms with Gasteiger partial charge in [-0.15, -0.1) is 0 Å². The molecule has 0 aromatic rings. The number of Topliss-reactive ketones (excluding diaryl/α,β-unsaturated/α-hetero) is 3. The molecule has 1 heterocycles. The van der Waals surface area contributed by atoms with E-state index in [4.69, 9.17) is 4.74 Å². The van der Waals surface area contributed by atoms with Crippen molar-refractivity contribution in [2.75, 3.05) is 6.61 Å². The molecule has 0 spiro atoms. The molecule has 1 aliphatic heterocycles. The number of unbranched alkanes of at least 4 members (excludes halogenated alkanes) is 3. The van der Waals surface area contributed by atoms with Crippen LogP contribution < -0.4 is 5.32 Å². The number of epoxide rings is 1. The van der Waals surface area contributed by atoms with Gasteiger partial charge < -0.3 is 10.1 Å².